The molecule has 1 aromatic heterocycles. The third kappa shape index (κ3) is 4.53. The molecule has 0 bridgehead atoms. The molecule has 3 rings (SSSR count). The number of benzene rings is 1. The van der Waals surface area contributed by atoms with Gasteiger partial charge in [0.05, 0.1) is 6.61 Å². The van der Waals surface area contributed by atoms with Crippen molar-refractivity contribution < 1.29 is 4.74 Å². The minimum absolute atomic E-state index is 0.609. The normalized spacial score (nSPS) is 14.1. The molecule has 110 valence electrons. The largest absolute Gasteiger partial charge is 0.494 e. The maximum absolute atomic E-state index is 5.78. The van der Waals surface area contributed by atoms with Crippen LogP contribution < -0.4 is 4.74 Å². The Balaban J connectivity index is 1.47. The Morgan fingerprint density at radius 2 is 1.71 bits per heavy atom. The first kappa shape index (κ1) is 14.5. The van der Waals surface area contributed by atoms with Crippen LogP contribution in [0, 0.1) is 5.92 Å². The quantitative estimate of drug-likeness (QED) is 0.530. The Hall–Kier alpha value is -1.42. The number of hydrogen-bond donors (Lipinski definition) is 0. The summed E-state index contributed by atoms with van der Waals surface area (Å²) < 4.78 is 6.39. The second kappa shape index (κ2) is 7.03. The molecule has 3 nitrogen and oxygen atoms in total. The maximum Gasteiger partial charge on any atom is 0.196 e. The predicted octanol–water partition coefficient (Wildman–Crippen LogP) is 4.87. The molecule has 1 aliphatic rings. The molecule has 1 saturated carbocycles. The molecule has 4 heteroatoms. The topological polar surface area (TPSA) is 35.0 Å². The number of aromatic nitrogens is 2. The number of hydrogen-bond acceptors (Lipinski definition) is 3. The van der Waals surface area contributed by atoms with Crippen LogP contribution in [0.25, 0.3) is 11.1 Å². The summed E-state index contributed by atoms with van der Waals surface area (Å²) >= 11 is 3.24. The molecule has 0 unspecified atom stereocenters. The molecule has 0 N–H and O–H groups in total. The van der Waals surface area contributed by atoms with Gasteiger partial charge in [0.25, 0.3) is 0 Å². The van der Waals surface area contributed by atoms with Crippen molar-refractivity contribution in [3.05, 3.63) is 41.4 Å². The fourth-order valence-electron chi connectivity index (χ4n) is 2.34. The molecule has 0 aliphatic heterocycles. The second-order valence-electron chi connectivity index (χ2n) is 5.55. The Kier molecular flexibility index (Phi) is 4.86. The van der Waals surface area contributed by atoms with E-state index in [1.54, 1.807) is 0 Å². The second-order valence-corrected chi connectivity index (χ2v) is 6.26. The molecule has 0 saturated heterocycles. The zero-order chi connectivity index (χ0) is 14.5. The molecule has 0 radical (unpaired) electrons. The van der Waals surface area contributed by atoms with Crippen LogP contribution >= 0.6 is 15.9 Å². The van der Waals surface area contributed by atoms with E-state index < -0.39 is 0 Å². The van der Waals surface area contributed by atoms with Gasteiger partial charge in [0.15, 0.2) is 4.73 Å². The molecular weight excluding hydrogens is 328 g/mol. The van der Waals surface area contributed by atoms with Crippen LogP contribution in [0.2, 0.25) is 0 Å². The van der Waals surface area contributed by atoms with Gasteiger partial charge in [-0.15, -0.1) is 0 Å². The molecule has 1 heterocycles. The van der Waals surface area contributed by atoms with Gasteiger partial charge in [-0.25, -0.2) is 9.97 Å². The van der Waals surface area contributed by atoms with E-state index in [-0.39, 0.29) is 0 Å². The van der Waals surface area contributed by atoms with Gasteiger partial charge in [0.2, 0.25) is 0 Å². The first-order valence-corrected chi connectivity index (χ1v) is 8.31. The van der Waals surface area contributed by atoms with E-state index in [4.69, 9.17) is 4.74 Å². The lowest BCUT2D eigenvalue weighted by Crippen LogP contribution is -1.97. The lowest BCUT2D eigenvalue weighted by Gasteiger charge is -2.07. The van der Waals surface area contributed by atoms with Crippen molar-refractivity contribution in [1.29, 1.82) is 0 Å². The van der Waals surface area contributed by atoms with Crippen molar-refractivity contribution in [3.8, 4) is 16.9 Å². The standard InChI is InChI=1S/C17H19BrN2O/c18-17-19-11-15(12-20-17)14-6-8-16(9-7-14)21-10-2-1-3-13-4-5-13/h6-9,11-13H,1-5,10H2. The van der Waals surface area contributed by atoms with Gasteiger partial charge >= 0.3 is 0 Å². The van der Waals surface area contributed by atoms with Crippen LogP contribution in [0.4, 0.5) is 0 Å². The maximum atomic E-state index is 5.78. The van der Waals surface area contributed by atoms with E-state index in [0.717, 1.165) is 35.8 Å². The highest BCUT2D eigenvalue weighted by atomic mass is 79.9. The molecule has 1 aromatic carbocycles. The van der Waals surface area contributed by atoms with Gasteiger partial charge in [0, 0.05) is 18.0 Å². The van der Waals surface area contributed by atoms with E-state index in [2.05, 4.69) is 25.9 Å². The lowest BCUT2D eigenvalue weighted by atomic mass is 10.1. The molecule has 21 heavy (non-hydrogen) atoms. The smallest absolute Gasteiger partial charge is 0.196 e. The summed E-state index contributed by atoms with van der Waals surface area (Å²) in [6.07, 6.45) is 10.3. The number of ether oxygens (including phenoxy) is 1. The summed E-state index contributed by atoms with van der Waals surface area (Å²) in [4.78, 5) is 8.28. The van der Waals surface area contributed by atoms with E-state index in [1.807, 2.05) is 36.7 Å². The zero-order valence-electron chi connectivity index (χ0n) is 12.0. The molecule has 0 amide bonds. The van der Waals surface area contributed by atoms with Crippen LogP contribution in [0.15, 0.2) is 41.4 Å². The average molecular weight is 347 g/mol. The van der Waals surface area contributed by atoms with Crippen LogP contribution in [0.5, 0.6) is 5.75 Å². The third-order valence-electron chi connectivity index (χ3n) is 3.78. The fourth-order valence-corrected chi connectivity index (χ4v) is 2.54. The molecular formula is C17H19BrN2O. The van der Waals surface area contributed by atoms with Gasteiger partial charge in [-0.05, 0) is 52.4 Å². The number of unbranched alkanes of at least 4 members (excludes halogenated alkanes) is 1. The molecule has 1 aliphatic carbocycles. The molecule has 2 aromatic rings. The third-order valence-corrected chi connectivity index (χ3v) is 4.19. The highest BCUT2D eigenvalue weighted by molar-refractivity contribution is 9.10. The minimum atomic E-state index is 0.609. The number of nitrogens with zero attached hydrogens (tertiary/aromatic N) is 2. The van der Waals surface area contributed by atoms with Crippen molar-refractivity contribution in [2.24, 2.45) is 5.92 Å². The summed E-state index contributed by atoms with van der Waals surface area (Å²) in [6, 6.07) is 8.12. The predicted molar refractivity (Wildman–Crippen MR) is 87.2 cm³/mol. The Bertz CT molecular complexity index is 564. The van der Waals surface area contributed by atoms with Crippen molar-refractivity contribution in [1.82, 2.24) is 9.97 Å². The highest BCUT2D eigenvalue weighted by Crippen LogP contribution is 2.33. The Morgan fingerprint density at radius 3 is 2.38 bits per heavy atom. The lowest BCUT2D eigenvalue weighted by molar-refractivity contribution is 0.304. The van der Waals surface area contributed by atoms with E-state index in [1.165, 1.54) is 25.7 Å². The fraction of sp³-hybridized carbons (Fsp3) is 0.412. The van der Waals surface area contributed by atoms with Gasteiger partial charge in [-0.1, -0.05) is 31.4 Å². The van der Waals surface area contributed by atoms with Crippen LogP contribution in [0.3, 0.4) is 0 Å². The highest BCUT2D eigenvalue weighted by Gasteiger charge is 2.19. The molecule has 0 spiro atoms. The van der Waals surface area contributed by atoms with Crippen LogP contribution in [-0.4, -0.2) is 16.6 Å². The summed E-state index contributed by atoms with van der Waals surface area (Å²) in [5, 5.41) is 0. The van der Waals surface area contributed by atoms with Crippen molar-refractivity contribution in [2.45, 2.75) is 32.1 Å². The first-order chi connectivity index (χ1) is 10.3. The van der Waals surface area contributed by atoms with Gasteiger partial charge in [0.1, 0.15) is 5.75 Å². The first-order valence-electron chi connectivity index (χ1n) is 7.52. The van der Waals surface area contributed by atoms with Gasteiger partial charge in [-0.3, -0.25) is 0 Å². The zero-order valence-corrected chi connectivity index (χ0v) is 13.6. The van der Waals surface area contributed by atoms with Crippen molar-refractivity contribution >= 4 is 15.9 Å². The van der Waals surface area contributed by atoms with Crippen LogP contribution in [-0.2, 0) is 0 Å². The Labute approximate surface area is 133 Å². The number of rotatable bonds is 7. The van der Waals surface area contributed by atoms with Gasteiger partial charge < -0.3 is 4.74 Å². The Morgan fingerprint density at radius 1 is 1.00 bits per heavy atom. The monoisotopic (exact) mass is 346 g/mol. The summed E-state index contributed by atoms with van der Waals surface area (Å²) in [5.74, 6) is 1.96. The van der Waals surface area contributed by atoms with E-state index in [9.17, 15) is 0 Å². The average Bonchev–Trinajstić information content (AvgIpc) is 3.33. The van der Waals surface area contributed by atoms with Crippen molar-refractivity contribution in [2.75, 3.05) is 6.61 Å². The van der Waals surface area contributed by atoms with E-state index >= 15 is 0 Å². The summed E-state index contributed by atoms with van der Waals surface area (Å²) in [6.45, 7) is 0.813. The molecule has 0 atom stereocenters. The van der Waals surface area contributed by atoms with Gasteiger partial charge in [-0.2, -0.15) is 0 Å². The van der Waals surface area contributed by atoms with Crippen molar-refractivity contribution in [3.63, 3.8) is 0 Å². The SMILES string of the molecule is Brc1ncc(-c2ccc(OCCCCC3CC3)cc2)cn1. The minimum Gasteiger partial charge on any atom is -0.494 e. The summed E-state index contributed by atoms with van der Waals surface area (Å²) in [5.41, 5.74) is 2.11. The van der Waals surface area contributed by atoms with Crippen LogP contribution in [0.1, 0.15) is 32.1 Å². The molecule has 1 fully saturated rings. The summed E-state index contributed by atoms with van der Waals surface area (Å²) in [7, 11) is 0. The van der Waals surface area contributed by atoms with E-state index in [0.29, 0.717) is 4.73 Å². The number of halogens is 1.